The first-order valence-corrected chi connectivity index (χ1v) is 2.59. The summed E-state index contributed by atoms with van der Waals surface area (Å²) in [6, 6.07) is 1.46. The number of nitrogens with two attached hydrogens (primary N) is 1. The standard InChI is InChI=1S/C5H6N2O3/c1-3-2-4(10-7-3)9-5(6)8/h2H,1H3,(H2,6,8). The maximum absolute atomic E-state index is 10.1. The van der Waals surface area contributed by atoms with E-state index in [0.717, 1.165) is 0 Å². The highest BCUT2D eigenvalue weighted by Crippen LogP contribution is 2.10. The van der Waals surface area contributed by atoms with Gasteiger partial charge in [-0.15, -0.1) is 0 Å². The predicted molar refractivity (Wildman–Crippen MR) is 31.5 cm³/mol. The van der Waals surface area contributed by atoms with Crippen molar-refractivity contribution in [2.24, 2.45) is 5.73 Å². The zero-order chi connectivity index (χ0) is 7.56. The number of aryl methyl sites for hydroxylation is 1. The Labute approximate surface area is 56.7 Å². The van der Waals surface area contributed by atoms with Gasteiger partial charge in [-0.25, -0.2) is 4.79 Å². The van der Waals surface area contributed by atoms with E-state index in [0.29, 0.717) is 5.69 Å². The van der Waals surface area contributed by atoms with Crippen LogP contribution in [-0.2, 0) is 0 Å². The number of ether oxygens (including phenoxy) is 1. The van der Waals surface area contributed by atoms with Gasteiger partial charge in [0.25, 0.3) is 0 Å². The summed E-state index contributed by atoms with van der Waals surface area (Å²) in [5, 5.41) is 3.46. The van der Waals surface area contributed by atoms with Crippen LogP contribution in [-0.4, -0.2) is 11.2 Å². The van der Waals surface area contributed by atoms with Crippen molar-refractivity contribution < 1.29 is 14.1 Å². The van der Waals surface area contributed by atoms with E-state index < -0.39 is 6.09 Å². The van der Waals surface area contributed by atoms with Crippen LogP contribution in [0.2, 0.25) is 0 Å². The zero-order valence-electron chi connectivity index (χ0n) is 5.33. The predicted octanol–water partition coefficient (Wildman–Crippen LogP) is 0.441. The lowest BCUT2D eigenvalue weighted by atomic mass is 10.5. The summed E-state index contributed by atoms with van der Waals surface area (Å²) >= 11 is 0. The summed E-state index contributed by atoms with van der Waals surface area (Å²) in [6.45, 7) is 1.71. The molecule has 0 fully saturated rings. The second kappa shape index (κ2) is 2.38. The molecule has 0 atom stereocenters. The Bertz CT molecular complexity index is 243. The minimum Gasteiger partial charge on any atom is -0.374 e. The van der Waals surface area contributed by atoms with Crippen LogP contribution in [0.1, 0.15) is 5.69 Å². The molecule has 1 amide bonds. The fourth-order valence-corrected chi connectivity index (χ4v) is 0.487. The van der Waals surface area contributed by atoms with Gasteiger partial charge in [0.2, 0.25) is 0 Å². The number of carbonyl (C=O) groups is 1. The number of rotatable bonds is 1. The number of carbonyl (C=O) groups excluding carboxylic acids is 1. The van der Waals surface area contributed by atoms with E-state index in [-0.39, 0.29) is 5.95 Å². The van der Waals surface area contributed by atoms with Crippen molar-refractivity contribution in [3.05, 3.63) is 11.8 Å². The van der Waals surface area contributed by atoms with Gasteiger partial charge in [0, 0.05) is 6.07 Å². The topological polar surface area (TPSA) is 78.4 Å². The molecule has 1 aromatic rings. The first-order valence-electron chi connectivity index (χ1n) is 2.59. The van der Waals surface area contributed by atoms with Gasteiger partial charge in [-0.2, -0.15) is 0 Å². The van der Waals surface area contributed by atoms with Crippen LogP contribution in [0.3, 0.4) is 0 Å². The molecule has 0 bridgehead atoms. The molecular formula is C5H6N2O3. The van der Waals surface area contributed by atoms with Gasteiger partial charge < -0.3 is 15.0 Å². The van der Waals surface area contributed by atoms with E-state index in [9.17, 15) is 4.79 Å². The molecule has 0 aliphatic carbocycles. The fraction of sp³-hybridized carbons (Fsp3) is 0.200. The smallest absolute Gasteiger partial charge is 0.374 e. The zero-order valence-corrected chi connectivity index (χ0v) is 5.33. The molecule has 5 heteroatoms. The quantitative estimate of drug-likeness (QED) is 0.617. The second-order valence-electron chi connectivity index (χ2n) is 1.71. The highest BCUT2D eigenvalue weighted by molar-refractivity contribution is 5.67. The average Bonchev–Trinajstić information content (AvgIpc) is 2.13. The first kappa shape index (κ1) is 6.60. The summed E-state index contributed by atoms with van der Waals surface area (Å²) in [4.78, 5) is 10.1. The Morgan fingerprint density at radius 1 is 1.90 bits per heavy atom. The largest absolute Gasteiger partial charge is 0.412 e. The van der Waals surface area contributed by atoms with Crippen molar-refractivity contribution in [2.45, 2.75) is 6.92 Å². The molecule has 5 nitrogen and oxygen atoms in total. The van der Waals surface area contributed by atoms with Gasteiger partial charge in [0.15, 0.2) is 0 Å². The number of hydrogen-bond donors (Lipinski definition) is 1. The Hall–Kier alpha value is -1.52. The second-order valence-corrected chi connectivity index (χ2v) is 1.71. The molecule has 0 aliphatic rings. The van der Waals surface area contributed by atoms with Crippen molar-refractivity contribution in [3.8, 4) is 5.95 Å². The minimum absolute atomic E-state index is 0.0185. The number of hydrogen-bond acceptors (Lipinski definition) is 4. The Morgan fingerprint density at radius 2 is 2.60 bits per heavy atom. The molecule has 10 heavy (non-hydrogen) atoms. The van der Waals surface area contributed by atoms with E-state index in [1.54, 1.807) is 6.92 Å². The van der Waals surface area contributed by atoms with Crippen LogP contribution in [0, 0.1) is 6.92 Å². The third-order valence-corrected chi connectivity index (χ3v) is 0.808. The normalized spacial score (nSPS) is 9.30. The number of nitrogens with zero attached hydrogens (tertiary/aromatic N) is 1. The molecule has 0 spiro atoms. The number of amides is 1. The van der Waals surface area contributed by atoms with Gasteiger partial charge in [-0.1, -0.05) is 5.16 Å². The molecule has 1 heterocycles. The Kier molecular flexibility index (Phi) is 1.57. The lowest BCUT2D eigenvalue weighted by Gasteiger charge is -1.89. The molecular weight excluding hydrogens is 136 g/mol. The molecule has 0 saturated heterocycles. The molecule has 0 radical (unpaired) electrons. The first-order chi connectivity index (χ1) is 4.68. The van der Waals surface area contributed by atoms with Gasteiger partial charge in [0.05, 0.1) is 5.69 Å². The Balaban J connectivity index is 2.67. The van der Waals surface area contributed by atoms with Crippen LogP contribution < -0.4 is 10.5 Å². The van der Waals surface area contributed by atoms with Gasteiger partial charge >= 0.3 is 12.0 Å². The molecule has 0 saturated carbocycles. The molecule has 1 rings (SSSR count). The summed E-state index contributed by atoms with van der Waals surface area (Å²) in [7, 11) is 0. The van der Waals surface area contributed by atoms with Crippen LogP contribution in [0.4, 0.5) is 4.79 Å². The highest BCUT2D eigenvalue weighted by Gasteiger charge is 2.03. The number of aromatic nitrogens is 1. The van der Waals surface area contributed by atoms with Crippen LogP contribution in [0.15, 0.2) is 10.6 Å². The highest BCUT2D eigenvalue weighted by atomic mass is 16.7. The maximum Gasteiger partial charge on any atom is 0.412 e. The van der Waals surface area contributed by atoms with Crippen molar-refractivity contribution in [2.75, 3.05) is 0 Å². The minimum atomic E-state index is -0.906. The van der Waals surface area contributed by atoms with Crippen LogP contribution in [0.25, 0.3) is 0 Å². The SMILES string of the molecule is Cc1cc(OC(N)=O)on1. The van der Waals surface area contributed by atoms with E-state index in [2.05, 4.69) is 20.2 Å². The summed E-state index contributed by atoms with van der Waals surface area (Å²) in [5.41, 5.74) is 5.32. The lowest BCUT2D eigenvalue weighted by molar-refractivity contribution is 0.190. The average molecular weight is 142 g/mol. The van der Waals surface area contributed by atoms with Gasteiger partial charge in [0.1, 0.15) is 0 Å². The van der Waals surface area contributed by atoms with Gasteiger partial charge in [-0.3, -0.25) is 0 Å². The van der Waals surface area contributed by atoms with Crippen molar-refractivity contribution in [1.82, 2.24) is 5.16 Å². The molecule has 2 N–H and O–H groups in total. The van der Waals surface area contributed by atoms with E-state index >= 15 is 0 Å². The molecule has 1 aromatic heterocycles. The van der Waals surface area contributed by atoms with Gasteiger partial charge in [-0.05, 0) is 6.92 Å². The Morgan fingerprint density at radius 3 is 3.00 bits per heavy atom. The third-order valence-electron chi connectivity index (χ3n) is 0.808. The summed E-state index contributed by atoms with van der Waals surface area (Å²) in [5.74, 6) is 0.0185. The molecule has 0 aromatic carbocycles. The van der Waals surface area contributed by atoms with Crippen LogP contribution >= 0.6 is 0 Å². The van der Waals surface area contributed by atoms with Crippen LogP contribution in [0.5, 0.6) is 5.95 Å². The molecule has 0 unspecified atom stereocenters. The van der Waals surface area contributed by atoms with Crippen molar-refractivity contribution >= 4 is 6.09 Å². The number of primary amides is 1. The summed E-state index contributed by atoms with van der Waals surface area (Å²) in [6.07, 6.45) is -0.906. The monoisotopic (exact) mass is 142 g/mol. The van der Waals surface area contributed by atoms with E-state index in [4.69, 9.17) is 0 Å². The van der Waals surface area contributed by atoms with E-state index in [1.807, 2.05) is 0 Å². The fourth-order valence-electron chi connectivity index (χ4n) is 0.487. The molecule has 0 aliphatic heterocycles. The lowest BCUT2D eigenvalue weighted by Crippen LogP contribution is -2.15. The maximum atomic E-state index is 10.1. The van der Waals surface area contributed by atoms with E-state index in [1.165, 1.54) is 6.07 Å². The van der Waals surface area contributed by atoms with Crippen molar-refractivity contribution in [3.63, 3.8) is 0 Å². The van der Waals surface area contributed by atoms with Crippen molar-refractivity contribution in [1.29, 1.82) is 0 Å². The summed E-state index contributed by atoms with van der Waals surface area (Å²) < 4.78 is 8.85. The molecule has 54 valence electrons. The third kappa shape index (κ3) is 1.48.